The number of nitriles is 1. The van der Waals surface area contributed by atoms with Crippen molar-refractivity contribution < 1.29 is 4.42 Å². The zero-order valence-corrected chi connectivity index (χ0v) is 41.5. The molecule has 10 aromatic carbocycles. The van der Waals surface area contributed by atoms with Crippen LogP contribution >= 0.6 is 22.7 Å². The molecule has 5 nitrogen and oxygen atoms in total. The van der Waals surface area contributed by atoms with Gasteiger partial charge in [-0.25, -0.2) is 4.85 Å². The highest BCUT2D eigenvalue weighted by Crippen LogP contribution is 2.56. The number of aromatic nitrogens is 2. The Bertz CT molecular complexity index is 4970. The van der Waals surface area contributed by atoms with E-state index >= 15 is 0 Å². The molecular formula is C66H40N4OS2. The quantitative estimate of drug-likeness (QED) is 0.165. The summed E-state index contributed by atoms with van der Waals surface area (Å²) < 4.78 is 16.5. The van der Waals surface area contributed by atoms with Crippen LogP contribution in [0.4, 0.5) is 5.69 Å². The van der Waals surface area contributed by atoms with Gasteiger partial charge in [-0.2, -0.15) is 5.26 Å². The van der Waals surface area contributed by atoms with E-state index in [0.29, 0.717) is 22.5 Å². The van der Waals surface area contributed by atoms with Crippen molar-refractivity contribution in [2.24, 2.45) is 0 Å². The lowest BCUT2D eigenvalue weighted by Gasteiger charge is -2.26. The third-order valence-electron chi connectivity index (χ3n) is 15.1. The first-order valence-electron chi connectivity index (χ1n) is 24.5. The Balaban J connectivity index is 1.26. The first kappa shape index (κ1) is 41.8. The van der Waals surface area contributed by atoms with Gasteiger partial charge in [0.2, 0.25) is 5.69 Å². The average molecular weight is 969 g/mol. The molecule has 15 aromatic rings. The highest BCUT2D eigenvalue weighted by atomic mass is 32.1. The van der Waals surface area contributed by atoms with E-state index in [-0.39, 0.29) is 5.41 Å². The van der Waals surface area contributed by atoms with E-state index in [1.165, 1.54) is 31.1 Å². The van der Waals surface area contributed by atoms with Gasteiger partial charge in [0.1, 0.15) is 11.7 Å². The van der Waals surface area contributed by atoms with Crippen molar-refractivity contribution in [1.82, 2.24) is 9.13 Å². The normalized spacial score (nSPS) is 12.3. The van der Waals surface area contributed by atoms with Gasteiger partial charge in [0.05, 0.1) is 55.0 Å². The minimum Gasteiger partial charge on any atom is -0.454 e. The Hall–Kier alpha value is -8.98. The van der Waals surface area contributed by atoms with Crippen LogP contribution in [-0.4, -0.2) is 9.13 Å². The van der Waals surface area contributed by atoms with Crippen LogP contribution in [0.15, 0.2) is 192 Å². The van der Waals surface area contributed by atoms with Crippen LogP contribution in [0, 0.1) is 17.9 Å². The lowest BCUT2D eigenvalue weighted by atomic mass is 9.86. The molecule has 0 aliphatic heterocycles. The number of hydrogen-bond donors (Lipinski definition) is 0. The summed E-state index contributed by atoms with van der Waals surface area (Å²) in [4.78, 5) is 4.69. The summed E-state index contributed by atoms with van der Waals surface area (Å²) in [6, 6.07) is 69.0. The van der Waals surface area contributed by atoms with Gasteiger partial charge < -0.3 is 13.6 Å². The SMILES string of the molecule is [C-]#[N+]c1c(-c2ccccc2)c(C#N)c(-n2c3ccccc3c3ccc4c5ccccc5oc4c32)c(-c2ccccc2)c1-n1c2c(ccc3c4ccccc4sc32)c2ccc3c4cccc(C(C)(C)C)c4sc3c21. The number of furan rings is 1. The number of benzene rings is 10. The zero-order chi connectivity index (χ0) is 48.9. The van der Waals surface area contributed by atoms with E-state index in [1.54, 1.807) is 11.3 Å². The van der Waals surface area contributed by atoms with Crippen molar-refractivity contribution in [2.45, 2.75) is 26.2 Å². The number of hydrogen-bond acceptors (Lipinski definition) is 4. The van der Waals surface area contributed by atoms with Gasteiger partial charge in [0, 0.05) is 74.4 Å². The molecule has 0 amide bonds. The van der Waals surface area contributed by atoms with Crippen LogP contribution in [0.5, 0.6) is 0 Å². The molecule has 0 saturated carbocycles. The maximum atomic E-state index is 12.1. The molecule has 0 N–H and O–H groups in total. The van der Waals surface area contributed by atoms with Gasteiger partial charge in [0.25, 0.3) is 0 Å². The molecule has 5 aromatic heterocycles. The highest BCUT2D eigenvalue weighted by molar-refractivity contribution is 7.27. The lowest BCUT2D eigenvalue weighted by Crippen LogP contribution is -2.10. The van der Waals surface area contributed by atoms with Crippen LogP contribution < -0.4 is 0 Å². The summed E-state index contributed by atoms with van der Waals surface area (Å²) in [7, 11) is 0. The van der Waals surface area contributed by atoms with E-state index < -0.39 is 0 Å². The molecule has 0 fully saturated rings. The van der Waals surface area contributed by atoms with E-state index in [4.69, 9.17) is 4.42 Å². The minimum atomic E-state index is -0.104. The van der Waals surface area contributed by atoms with E-state index in [1.807, 2.05) is 59.9 Å². The molecule has 0 aliphatic carbocycles. The second-order valence-corrected chi connectivity index (χ2v) is 22.1. The minimum absolute atomic E-state index is 0.104. The number of para-hydroxylation sites is 2. The second kappa shape index (κ2) is 15.3. The molecule has 0 aliphatic rings. The fourth-order valence-electron chi connectivity index (χ4n) is 12.0. The predicted molar refractivity (Wildman–Crippen MR) is 309 cm³/mol. The molecule has 0 unspecified atom stereocenters. The molecule has 7 heteroatoms. The summed E-state index contributed by atoms with van der Waals surface area (Å²) in [6.07, 6.45) is 0. The average Bonchev–Trinajstić information content (AvgIpc) is 4.26. The van der Waals surface area contributed by atoms with E-state index in [0.717, 1.165) is 103 Å². The van der Waals surface area contributed by atoms with Crippen LogP contribution in [0.25, 0.3) is 144 Å². The molecule has 0 radical (unpaired) electrons. The highest BCUT2D eigenvalue weighted by Gasteiger charge is 2.34. The van der Waals surface area contributed by atoms with Crippen LogP contribution in [-0.2, 0) is 5.41 Å². The number of thiophene rings is 2. The number of rotatable bonds is 4. The van der Waals surface area contributed by atoms with Crippen molar-refractivity contribution in [3.8, 4) is 39.7 Å². The standard InChI is InChI=1S/C66H40N4OS2/c1-66(2,3)50-26-17-25-46-48-35-32-44-43-31-34-47-41-24-13-16-29-53(41)72-64(47)59(43)70(60(44)65(48)73-63(46)50)61-55(38-20-9-6-10-21-38)57(49(36-67)54(56(61)68-4)37-18-7-5-8-19-37)69-51-27-14-11-22-39(51)42-30-33-45-40-23-12-15-28-52(40)71-62(45)58(42)69/h5-35H,1-3H3. The van der Waals surface area contributed by atoms with Gasteiger partial charge in [-0.15, -0.1) is 22.7 Å². The van der Waals surface area contributed by atoms with Crippen molar-refractivity contribution >= 4 is 134 Å². The lowest BCUT2D eigenvalue weighted by molar-refractivity contribution is 0.597. The topological polar surface area (TPSA) is 51.1 Å². The summed E-state index contributed by atoms with van der Waals surface area (Å²) >= 11 is 3.65. The van der Waals surface area contributed by atoms with Crippen molar-refractivity contribution in [3.05, 3.63) is 211 Å². The Morgan fingerprint density at radius 3 is 1.73 bits per heavy atom. The maximum absolute atomic E-state index is 12.1. The van der Waals surface area contributed by atoms with Gasteiger partial charge in [-0.05, 0) is 46.4 Å². The van der Waals surface area contributed by atoms with Gasteiger partial charge in [0.15, 0.2) is 5.58 Å². The smallest absolute Gasteiger partial charge is 0.220 e. The fraction of sp³-hybridized carbons (Fsp3) is 0.0606. The molecule has 0 saturated heterocycles. The van der Waals surface area contributed by atoms with Gasteiger partial charge >= 0.3 is 0 Å². The zero-order valence-electron chi connectivity index (χ0n) is 39.9. The third-order valence-corrected chi connectivity index (χ3v) is 17.6. The summed E-state index contributed by atoms with van der Waals surface area (Å²) in [5.74, 6) is 0. The van der Waals surface area contributed by atoms with E-state index in [2.05, 4.69) is 180 Å². The largest absolute Gasteiger partial charge is 0.454 e. The first-order valence-corrected chi connectivity index (χ1v) is 26.1. The van der Waals surface area contributed by atoms with Crippen LogP contribution in [0.1, 0.15) is 31.9 Å². The molecular weight excluding hydrogens is 929 g/mol. The Morgan fingerprint density at radius 1 is 0.479 bits per heavy atom. The van der Waals surface area contributed by atoms with Crippen LogP contribution in [0.3, 0.4) is 0 Å². The Kier molecular flexibility index (Phi) is 8.73. The Labute approximate surface area is 427 Å². The maximum Gasteiger partial charge on any atom is 0.220 e. The summed E-state index contributed by atoms with van der Waals surface area (Å²) in [5.41, 5.74) is 11.9. The summed E-state index contributed by atoms with van der Waals surface area (Å²) in [6.45, 7) is 16.5. The van der Waals surface area contributed by atoms with Crippen LogP contribution in [0.2, 0.25) is 0 Å². The molecule has 0 atom stereocenters. The Morgan fingerprint density at radius 2 is 1.03 bits per heavy atom. The second-order valence-electron chi connectivity index (χ2n) is 20.1. The molecule has 73 heavy (non-hydrogen) atoms. The van der Waals surface area contributed by atoms with Gasteiger partial charge in [-0.3, -0.25) is 0 Å². The molecule has 5 heterocycles. The van der Waals surface area contributed by atoms with Gasteiger partial charge in [-0.1, -0.05) is 185 Å². The van der Waals surface area contributed by atoms with Crippen molar-refractivity contribution in [1.29, 1.82) is 5.26 Å². The molecule has 0 bridgehead atoms. The monoisotopic (exact) mass is 968 g/mol. The molecule has 0 spiro atoms. The van der Waals surface area contributed by atoms with Crippen molar-refractivity contribution in [2.75, 3.05) is 0 Å². The fourth-order valence-corrected chi connectivity index (χ4v) is 14.8. The number of fused-ring (bicyclic) bond motifs is 18. The summed E-state index contributed by atoms with van der Waals surface area (Å²) in [5, 5.41) is 23.1. The van der Waals surface area contributed by atoms with Crippen molar-refractivity contribution in [3.63, 3.8) is 0 Å². The molecule has 15 rings (SSSR count). The molecule has 342 valence electrons. The first-order chi connectivity index (χ1) is 35.8. The third kappa shape index (κ3) is 5.69. The predicted octanol–water partition coefficient (Wildman–Crippen LogP) is 19.6. The van der Waals surface area contributed by atoms with E-state index in [9.17, 15) is 11.8 Å². The number of nitrogens with zero attached hydrogens (tertiary/aromatic N) is 4.